The summed E-state index contributed by atoms with van der Waals surface area (Å²) in [7, 11) is 0. The van der Waals surface area contributed by atoms with Crippen molar-refractivity contribution < 1.29 is 33.4 Å². The van der Waals surface area contributed by atoms with Gasteiger partial charge in [0, 0.05) is 0 Å². The molecule has 6 atom stereocenters. The van der Waals surface area contributed by atoms with Crippen molar-refractivity contribution in [3.05, 3.63) is 0 Å². The molecule has 0 aromatic heterocycles. The summed E-state index contributed by atoms with van der Waals surface area (Å²) in [5, 5.41) is 0. The SMILES string of the molecule is CCCC[C@@H](CC)C(=O)O[C@H](C)CN(C[C@@H](C)OC(=O)[C@@H](CC)CCCC)C(=O)[C@@H](C)OC(=O)[C@@H](CC)CCCC. The smallest absolute Gasteiger partial charge is 0.309 e. The average molecular weight is 584 g/mol. The summed E-state index contributed by atoms with van der Waals surface area (Å²) in [6, 6.07) is 0. The van der Waals surface area contributed by atoms with E-state index in [4.69, 9.17) is 14.2 Å². The van der Waals surface area contributed by atoms with Crippen molar-refractivity contribution in [2.75, 3.05) is 13.1 Å². The zero-order valence-corrected chi connectivity index (χ0v) is 27.7. The maximum absolute atomic E-state index is 13.6. The zero-order valence-electron chi connectivity index (χ0n) is 27.7. The third-order valence-electron chi connectivity index (χ3n) is 7.74. The Labute approximate surface area is 250 Å². The van der Waals surface area contributed by atoms with Crippen LogP contribution in [0.1, 0.15) is 139 Å². The molecule has 0 unspecified atom stereocenters. The molecule has 0 aromatic carbocycles. The standard InChI is InChI=1S/C33H61NO7/c1-10-16-19-27(13-4)31(36)39-24(7)22-34(23-25(8)40-32(37)28(14-5)20-17-11-2)30(35)26(9)41-33(38)29(15-6)21-18-12-3/h24-29H,10-23H2,1-9H3/t24-,25-,26-,27-,28+,29+/m1/s1. The molecule has 8 heteroatoms. The third kappa shape index (κ3) is 15.6. The van der Waals surface area contributed by atoms with Crippen LogP contribution in [0.5, 0.6) is 0 Å². The molecule has 0 aliphatic rings. The van der Waals surface area contributed by atoms with Crippen LogP contribution in [0.25, 0.3) is 0 Å². The summed E-state index contributed by atoms with van der Waals surface area (Å²) in [6.07, 6.45) is 7.96. The highest BCUT2D eigenvalue weighted by molar-refractivity contribution is 5.84. The van der Waals surface area contributed by atoms with Crippen LogP contribution in [0.15, 0.2) is 0 Å². The molecule has 0 aliphatic carbocycles. The number of ether oxygens (including phenoxy) is 3. The van der Waals surface area contributed by atoms with Gasteiger partial charge >= 0.3 is 17.9 Å². The van der Waals surface area contributed by atoms with E-state index in [1.165, 1.54) is 4.90 Å². The first-order valence-corrected chi connectivity index (χ1v) is 16.4. The van der Waals surface area contributed by atoms with E-state index in [1.54, 1.807) is 20.8 Å². The first-order chi connectivity index (χ1) is 19.5. The Morgan fingerprint density at radius 2 is 0.854 bits per heavy atom. The van der Waals surface area contributed by atoms with Crippen LogP contribution in [0.2, 0.25) is 0 Å². The normalized spacial score (nSPS) is 15.6. The molecule has 41 heavy (non-hydrogen) atoms. The Balaban J connectivity index is 5.63. The van der Waals surface area contributed by atoms with Gasteiger partial charge in [-0.2, -0.15) is 0 Å². The van der Waals surface area contributed by atoms with Crippen LogP contribution in [-0.4, -0.2) is 60.1 Å². The lowest BCUT2D eigenvalue weighted by Crippen LogP contribution is -2.48. The highest BCUT2D eigenvalue weighted by Crippen LogP contribution is 2.19. The maximum atomic E-state index is 13.6. The van der Waals surface area contributed by atoms with Crippen molar-refractivity contribution in [3.63, 3.8) is 0 Å². The minimum Gasteiger partial charge on any atom is -0.461 e. The molecule has 0 radical (unpaired) electrons. The lowest BCUT2D eigenvalue weighted by atomic mass is 9.99. The van der Waals surface area contributed by atoms with Crippen molar-refractivity contribution in [2.45, 2.75) is 158 Å². The number of amides is 1. The van der Waals surface area contributed by atoms with Crippen molar-refractivity contribution in [1.29, 1.82) is 0 Å². The van der Waals surface area contributed by atoms with E-state index in [9.17, 15) is 19.2 Å². The summed E-state index contributed by atoms with van der Waals surface area (Å²) in [6.45, 7) is 17.5. The van der Waals surface area contributed by atoms with Crippen LogP contribution in [0.3, 0.4) is 0 Å². The largest absolute Gasteiger partial charge is 0.461 e. The number of unbranched alkanes of at least 4 members (excludes halogenated alkanes) is 3. The van der Waals surface area contributed by atoms with Crippen LogP contribution < -0.4 is 0 Å². The number of esters is 3. The van der Waals surface area contributed by atoms with Gasteiger partial charge in [-0.3, -0.25) is 19.2 Å². The molecule has 0 heterocycles. The molecule has 0 spiro atoms. The number of rotatable bonds is 23. The minimum absolute atomic E-state index is 0.110. The van der Waals surface area contributed by atoms with Gasteiger partial charge in [0.25, 0.3) is 5.91 Å². The first-order valence-electron chi connectivity index (χ1n) is 16.4. The molecule has 0 saturated carbocycles. The van der Waals surface area contributed by atoms with Crippen LogP contribution in [0, 0.1) is 17.8 Å². The topological polar surface area (TPSA) is 99.2 Å². The van der Waals surface area contributed by atoms with Gasteiger partial charge < -0.3 is 19.1 Å². The predicted octanol–water partition coefficient (Wildman–Crippen LogP) is 7.26. The second-order valence-corrected chi connectivity index (χ2v) is 11.6. The molecule has 0 aliphatic heterocycles. The maximum Gasteiger partial charge on any atom is 0.309 e. The Morgan fingerprint density at radius 3 is 1.15 bits per heavy atom. The first kappa shape index (κ1) is 38.9. The molecule has 8 nitrogen and oxygen atoms in total. The van der Waals surface area contributed by atoms with Crippen molar-refractivity contribution in [1.82, 2.24) is 4.90 Å². The summed E-state index contributed by atoms with van der Waals surface area (Å²) in [5.41, 5.74) is 0. The van der Waals surface area contributed by atoms with Gasteiger partial charge in [-0.15, -0.1) is 0 Å². The molecule has 1 amide bonds. The van der Waals surface area contributed by atoms with Crippen LogP contribution in [-0.2, 0) is 33.4 Å². The second-order valence-electron chi connectivity index (χ2n) is 11.6. The third-order valence-corrected chi connectivity index (χ3v) is 7.74. The van der Waals surface area contributed by atoms with Gasteiger partial charge in [-0.25, -0.2) is 0 Å². The van der Waals surface area contributed by atoms with E-state index in [1.807, 2.05) is 20.8 Å². The Hall–Kier alpha value is -2.12. The number of carbonyl (C=O) groups is 4. The molecule has 0 rings (SSSR count). The van der Waals surface area contributed by atoms with Gasteiger partial charge in [-0.05, 0) is 59.3 Å². The molecule has 0 saturated heterocycles. The summed E-state index contributed by atoms with van der Waals surface area (Å²) in [5.74, 6) is -1.89. The highest BCUT2D eigenvalue weighted by atomic mass is 16.6. The van der Waals surface area contributed by atoms with Gasteiger partial charge in [-0.1, -0.05) is 80.1 Å². The van der Waals surface area contributed by atoms with Gasteiger partial charge in [0.15, 0.2) is 6.10 Å². The van der Waals surface area contributed by atoms with Gasteiger partial charge in [0.05, 0.1) is 30.8 Å². The summed E-state index contributed by atoms with van der Waals surface area (Å²) < 4.78 is 17.1. The molecular formula is C33H61NO7. The van der Waals surface area contributed by atoms with Gasteiger partial charge in [0.2, 0.25) is 0 Å². The number of hydrogen-bond donors (Lipinski definition) is 0. The second kappa shape index (κ2) is 22.5. The zero-order chi connectivity index (χ0) is 31.4. The van der Waals surface area contributed by atoms with Crippen molar-refractivity contribution in [3.8, 4) is 0 Å². The number of carbonyl (C=O) groups excluding carboxylic acids is 4. The number of nitrogens with zero attached hydrogens (tertiary/aromatic N) is 1. The quantitative estimate of drug-likeness (QED) is 0.0922. The predicted molar refractivity (Wildman–Crippen MR) is 163 cm³/mol. The van der Waals surface area contributed by atoms with E-state index in [2.05, 4.69) is 20.8 Å². The Bertz CT molecular complexity index is 718. The fourth-order valence-electron chi connectivity index (χ4n) is 4.93. The van der Waals surface area contributed by atoms with E-state index >= 15 is 0 Å². The molecule has 0 aromatic rings. The fraction of sp³-hybridized carbons (Fsp3) is 0.879. The fourth-order valence-corrected chi connectivity index (χ4v) is 4.93. The Morgan fingerprint density at radius 1 is 0.537 bits per heavy atom. The van der Waals surface area contributed by atoms with E-state index < -0.39 is 24.2 Å². The molecule has 0 N–H and O–H groups in total. The highest BCUT2D eigenvalue weighted by Gasteiger charge is 2.31. The van der Waals surface area contributed by atoms with Crippen molar-refractivity contribution in [2.24, 2.45) is 17.8 Å². The summed E-state index contributed by atoms with van der Waals surface area (Å²) >= 11 is 0. The lowest BCUT2D eigenvalue weighted by molar-refractivity contribution is -0.166. The molecule has 240 valence electrons. The Kier molecular flexibility index (Phi) is 21.3. The monoisotopic (exact) mass is 583 g/mol. The molecule has 0 fully saturated rings. The number of hydrogen-bond acceptors (Lipinski definition) is 7. The van der Waals surface area contributed by atoms with E-state index in [-0.39, 0.29) is 48.8 Å². The van der Waals surface area contributed by atoms with Crippen LogP contribution >= 0.6 is 0 Å². The average Bonchev–Trinajstić information content (AvgIpc) is 2.93. The summed E-state index contributed by atoms with van der Waals surface area (Å²) in [4.78, 5) is 53.5. The van der Waals surface area contributed by atoms with E-state index in [0.29, 0.717) is 19.3 Å². The van der Waals surface area contributed by atoms with Crippen molar-refractivity contribution >= 4 is 23.8 Å². The van der Waals surface area contributed by atoms with Crippen LogP contribution in [0.4, 0.5) is 0 Å². The molecular weight excluding hydrogens is 522 g/mol. The van der Waals surface area contributed by atoms with E-state index in [0.717, 1.165) is 57.8 Å². The van der Waals surface area contributed by atoms with Gasteiger partial charge in [0.1, 0.15) is 12.2 Å². The molecule has 0 bridgehead atoms. The lowest BCUT2D eigenvalue weighted by Gasteiger charge is -2.31. The minimum atomic E-state index is -1.01.